The first-order chi connectivity index (χ1) is 16.9. The molecule has 3 aromatic carbocycles. The van der Waals surface area contributed by atoms with E-state index in [1.807, 2.05) is 0 Å². The molecule has 4 aromatic rings. The minimum atomic E-state index is -0.752. The molecule has 2 amide bonds. The topological polar surface area (TPSA) is 94.6 Å². The number of amides is 2. The van der Waals surface area contributed by atoms with Crippen LogP contribution in [0.25, 0.3) is 10.9 Å². The minimum absolute atomic E-state index is 0.133. The number of nitrogens with zero attached hydrogens (tertiary/aromatic N) is 2. The van der Waals surface area contributed by atoms with Crippen molar-refractivity contribution in [1.29, 1.82) is 0 Å². The predicted molar refractivity (Wildman–Crippen MR) is 126 cm³/mol. The van der Waals surface area contributed by atoms with Crippen LogP contribution in [0.2, 0.25) is 5.02 Å². The second kappa shape index (κ2) is 10.4. The van der Waals surface area contributed by atoms with E-state index in [4.69, 9.17) is 25.8 Å². The van der Waals surface area contributed by atoms with Crippen LogP contribution in [0.4, 0.5) is 19.3 Å². The molecule has 0 atom stereocenters. The summed E-state index contributed by atoms with van der Waals surface area (Å²) in [6.07, 6.45) is 1.36. The Labute approximate surface area is 203 Å². The van der Waals surface area contributed by atoms with E-state index in [2.05, 4.69) is 20.6 Å². The zero-order chi connectivity index (χ0) is 24.9. The van der Waals surface area contributed by atoms with Crippen molar-refractivity contribution in [3.8, 4) is 23.1 Å². The van der Waals surface area contributed by atoms with Gasteiger partial charge in [-0.3, -0.25) is 0 Å². The van der Waals surface area contributed by atoms with Crippen LogP contribution >= 0.6 is 11.6 Å². The molecule has 0 spiro atoms. The van der Waals surface area contributed by atoms with Crippen LogP contribution in [0.3, 0.4) is 0 Å². The number of aromatic nitrogens is 2. The fourth-order valence-corrected chi connectivity index (χ4v) is 3.44. The van der Waals surface area contributed by atoms with E-state index in [1.165, 1.54) is 32.7 Å². The molecule has 180 valence electrons. The van der Waals surface area contributed by atoms with Gasteiger partial charge in [0, 0.05) is 30.3 Å². The molecular formula is C24H19ClF2N4O4. The van der Waals surface area contributed by atoms with Crippen molar-refractivity contribution in [2.24, 2.45) is 0 Å². The predicted octanol–water partition coefficient (Wildman–Crippen LogP) is 5.69. The standard InChI is InChI=1S/C24H19ClF2N4O4/c1-33-21-9-16-20(10-22(21)34-2)29-12-30-23(16)35-15-5-6-19(17(25)8-15)31-24(32)28-11-13-3-4-14(26)7-18(13)27/h3-10,12H,11H2,1-2H3,(H2,28,31,32). The molecule has 0 aliphatic carbocycles. The second-order valence-corrected chi connectivity index (χ2v) is 7.60. The molecule has 1 heterocycles. The van der Waals surface area contributed by atoms with Gasteiger partial charge in [0.15, 0.2) is 11.5 Å². The minimum Gasteiger partial charge on any atom is -0.493 e. The molecule has 0 aliphatic rings. The SMILES string of the molecule is COc1cc2ncnc(Oc3ccc(NC(=O)NCc4ccc(F)cc4F)c(Cl)c3)c2cc1OC. The lowest BCUT2D eigenvalue weighted by Crippen LogP contribution is -2.28. The van der Waals surface area contributed by atoms with Gasteiger partial charge in [-0.05, 0) is 24.3 Å². The molecule has 0 saturated heterocycles. The number of ether oxygens (including phenoxy) is 3. The first-order valence-corrected chi connectivity index (χ1v) is 10.6. The molecule has 2 N–H and O–H groups in total. The fraction of sp³-hybridized carbons (Fsp3) is 0.125. The summed E-state index contributed by atoms with van der Waals surface area (Å²) in [4.78, 5) is 20.6. The fourth-order valence-electron chi connectivity index (χ4n) is 3.22. The number of halogens is 3. The van der Waals surface area contributed by atoms with Crippen LogP contribution in [0, 0.1) is 11.6 Å². The van der Waals surface area contributed by atoms with Crippen molar-refractivity contribution in [1.82, 2.24) is 15.3 Å². The summed E-state index contributed by atoms with van der Waals surface area (Å²) in [7, 11) is 3.05. The van der Waals surface area contributed by atoms with Crippen LogP contribution in [-0.4, -0.2) is 30.2 Å². The van der Waals surface area contributed by atoms with Gasteiger partial charge in [0.05, 0.1) is 35.8 Å². The van der Waals surface area contributed by atoms with Crippen molar-refractivity contribution >= 4 is 34.2 Å². The Hall–Kier alpha value is -4.18. The van der Waals surface area contributed by atoms with Crippen molar-refractivity contribution < 1.29 is 27.8 Å². The number of carbonyl (C=O) groups is 1. The first kappa shape index (κ1) is 24.0. The number of hydrogen-bond acceptors (Lipinski definition) is 6. The number of anilines is 1. The van der Waals surface area contributed by atoms with Gasteiger partial charge in [-0.1, -0.05) is 17.7 Å². The van der Waals surface area contributed by atoms with Crippen molar-refractivity contribution in [3.05, 3.63) is 77.1 Å². The number of carbonyl (C=O) groups excluding carboxylic acids is 1. The quantitative estimate of drug-likeness (QED) is 0.338. The molecule has 35 heavy (non-hydrogen) atoms. The Bertz CT molecular complexity index is 1400. The highest BCUT2D eigenvalue weighted by Gasteiger charge is 2.14. The van der Waals surface area contributed by atoms with Gasteiger partial charge in [0.2, 0.25) is 5.88 Å². The largest absolute Gasteiger partial charge is 0.493 e. The molecular weight excluding hydrogens is 482 g/mol. The van der Waals surface area contributed by atoms with E-state index in [0.29, 0.717) is 33.8 Å². The highest BCUT2D eigenvalue weighted by atomic mass is 35.5. The Morgan fingerprint density at radius 2 is 1.77 bits per heavy atom. The third kappa shape index (κ3) is 5.49. The molecule has 11 heteroatoms. The first-order valence-electron chi connectivity index (χ1n) is 10.2. The third-order valence-corrected chi connectivity index (χ3v) is 5.27. The molecule has 0 bridgehead atoms. The Morgan fingerprint density at radius 3 is 2.49 bits per heavy atom. The molecule has 1 aromatic heterocycles. The van der Waals surface area contributed by atoms with Crippen LogP contribution < -0.4 is 24.8 Å². The van der Waals surface area contributed by atoms with Gasteiger partial charge >= 0.3 is 6.03 Å². The van der Waals surface area contributed by atoms with E-state index >= 15 is 0 Å². The maximum Gasteiger partial charge on any atom is 0.319 e. The molecule has 0 fully saturated rings. The number of urea groups is 1. The highest BCUT2D eigenvalue weighted by molar-refractivity contribution is 6.33. The summed E-state index contributed by atoms with van der Waals surface area (Å²) in [6, 6.07) is 10.6. The number of benzene rings is 3. The van der Waals surface area contributed by atoms with Gasteiger partial charge in [0.1, 0.15) is 23.7 Å². The lowest BCUT2D eigenvalue weighted by molar-refractivity contribution is 0.251. The Balaban J connectivity index is 1.46. The van der Waals surface area contributed by atoms with Crippen molar-refractivity contribution in [2.75, 3.05) is 19.5 Å². The number of nitrogens with one attached hydrogen (secondary N) is 2. The molecule has 4 rings (SSSR count). The lowest BCUT2D eigenvalue weighted by atomic mass is 10.2. The van der Waals surface area contributed by atoms with Crippen molar-refractivity contribution in [2.45, 2.75) is 6.54 Å². The number of methoxy groups -OCH3 is 2. The van der Waals surface area contributed by atoms with Crippen molar-refractivity contribution in [3.63, 3.8) is 0 Å². The second-order valence-electron chi connectivity index (χ2n) is 7.19. The van der Waals surface area contributed by atoms with E-state index in [0.717, 1.165) is 12.1 Å². The number of hydrogen-bond donors (Lipinski definition) is 2. The summed E-state index contributed by atoms with van der Waals surface area (Å²) < 4.78 is 43.3. The smallest absolute Gasteiger partial charge is 0.319 e. The zero-order valence-corrected chi connectivity index (χ0v) is 19.3. The summed E-state index contributed by atoms with van der Waals surface area (Å²) in [6.45, 7) is -0.133. The van der Waals surface area contributed by atoms with Crippen LogP contribution in [0.1, 0.15) is 5.56 Å². The van der Waals surface area contributed by atoms with Crippen LogP contribution in [0.15, 0.2) is 54.9 Å². The van der Waals surface area contributed by atoms with Crippen LogP contribution in [-0.2, 0) is 6.54 Å². The zero-order valence-electron chi connectivity index (χ0n) is 18.6. The lowest BCUT2D eigenvalue weighted by Gasteiger charge is -2.13. The summed E-state index contributed by atoms with van der Waals surface area (Å²) in [5.41, 5.74) is 1.03. The number of rotatable bonds is 7. The van der Waals surface area contributed by atoms with Gasteiger partial charge in [-0.2, -0.15) is 0 Å². The Kier molecular flexibility index (Phi) is 7.11. The monoisotopic (exact) mass is 500 g/mol. The number of fused-ring (bicyclic) bond motifs is 1. The molecule has 0 radical (unpaired) electrons. The van der Waals surface area contributed by atoms with Gasteiger partial charge in [-0.25, -0.2) is 23.5 Å². The molecule has 0 unspecified atom stereocenters. The average molecular weight is 501 g/mol. The maximum atomic E-state index is 13.7. The van der Waals surface area contributed by atoms with Gasteiger partial charge in [0.25, 0.3) is 0 Å². The molecule has 0 aliphatic heterocycles. The summed E-state index contributed by atoms with van der Waals surface area (Å²) in [5.74, 6) is 0.194. The summed E-state index contributed by atoms with van der Waals surface area (Å²) >= 11 is 6.31. The normalized spacial score (nSPS) is 10.7. The van der Waals surface area contributed by atoms with E-state index < -0.39 is 17.7 Å². The third-order valence-electron chi connectivity index (χ3n) is 4.96. The van der Waals surface area contributed by atoms with Crippen LogP contribution in [0.5, 0.6) is 23.1 Å². The average Bonchev–Trinajstić information content (AvgIpc) is 2.84. The van der Waals surface area contributed by atoms with E-state index in [9.17, 15) is 13.6 Å². The summed E-state index contributed by atoms with van der Waals surface area (Å²) in [5, 5.41) is 5.85. The Morgan fingerprint density at radius 1 is 1.00 bits per heavy atom. The van der Waals surface area contributed by atoms with E-state index in [-0.39, 0.29) is 23.0 Å². The molecule has 0 saturated carbocycles. The maximum absolute atomic E-state index is 13.7. The van der Waals surface area contributed by atoms with E-state index in [1.54, 1.807) is 24.3 Å². The molecule has 8 nitrogen and oxygen atoms in total. The van der Waals surface area contributed by atoms with Gasteiger partial charge in [-0.15, -0.1) is 0 Å². The highest BCUT2D eigenvalue weighted by Crippen LogP contribution is 2.36. The van der Waals surface area contributed by atoms with Gasteiger partial charge < -0.3 is 24.8 Å².